The molecule has 2 N–H and O–H groups in total. The van der Waals surface area contributed by atoms with E-state index in [4.69, 9.17) is 0 Å². The zero-order valence-corrected chi connectivity index (χ0v) is 12.7. The Morgan fingerprint density at radius 2 is 1.87 bits per heavy atom. The lowest BCUT2D eigenvalue weighted by atomic mass is 10.1. The summed E-state index contributed by atoms with van der Waals surface area (Å²) in [6.07, 6.45) is 1.54. The fourth-order valence-corrected chi connectivity index (χ4v) is 2.89. The second-order valence-electron chi connectivity index (χ2n) is 5.67. The summed E-state index contributed by atoms with van der Waals surface area (Å²) in [5.41, 5.74) is 3.11. The van der Waals surface area contributed by atoms with Crippen LogP contribution in [0.3, 0.4) is 0 Å². The van der Waals surface area contributed by atoms with Crippen LogP contribution in [0.4, 0.5) is 10.1 Å². The van der Waals surface area contributed by atoms with Gasteiger partial charge in [-0.15, -0.1) is 0 Å². The lowest BCUT2D eigenvalue weighted by molar-refractivity contribution is -0.114. The SMILES string of the molecule is CC(=O)Nc1ccc(C(=O)NC2CCc3cc(F)ccc32)cc1. The number of anilines is 1. The summed E-state index contributed by atoms with van der Waals surface area (Å²) < 4.78 is 13.2. The number of amides is 2. The highest BCUT2D eigenvalue weighted by Crippen LogP contribution is 2.31. The minimum absolute atomic E-state index is 0.0897. The number of aryl methyl sites for hydroxylation is 1. The molecule has 118 valence electrons. The summed E-state index contributed by atoms with van der Waals surface area (Å²) in [5, 5.41) is 5.64. The predicted octanol–water partition coefficient (Wildman–Crippen LogP) is 3.20. The Bertz CT molecular complexity index is 756. The molecular formula is C18H17FN2O2. The van der Waals surface area contributed by atoms with Gasteiger partial charge in [0, 0.05) is 18.2 Å². The van der Waals surface area contributed by atoms with E-state index in [1.54, 1.807) is 30.3 Å². The monoisotopic (exact) mass is 312 g/mol. The van der Waals surface area contributed by atoms with Crippen molar-refractivity contribution in [1.82, 2.24) is 5.32 Å². The Kier molecular flexibility index (Phi) is 4.10. The number of hydrogen-bond acceptors (Lipinski definition) is 2. The second kappa shape index (κ2) is 6.20. The van der Waals surface area contributed by atoms with E-state index in [0.29, 0.717) is 11.3 Å². The van der Waals surface area contributed by atoms with E-state index in [9.17, 15) is 14.0 Å². The van der Waals surface area contributed by atoms with Crippen molar-refractivity contribution in [3.63, 3.8) is 0 Å². The van der Waals surface area contributed by atoms with Crippen molar-refractivity contribution in [3.05, 3.63) is 65.0 Å². The quantitative estimate of drug-likeness (QED) is 0.914. The van der Waals surface area contributed by atoms with Gasteiger partial charge in [-0.1, -0.05) is 6.07 Å². The van der Waals surface area contributed by atoms with Gasteiger partial charge >= 0.3 is 0 Å². The zero-order valence-electron chi connectivity index (χ0n) is 12.7. The van der Waals surface area contributed by atoms with Crippen molar-refractivity contribution in [3.8, 4) is 0 Å². The lowest BCUT2D eigenvalue weighted by Gasteiger charge is -2.14. The van der Waals surface area contributed by atoms with Gasteiger partial charge in [-0.25, -0.2) is 4.39 Å². The van der Waals surface area contributed by atoms with Gasteiger partial charge in [-0.05, 0) is 60.4 Å². The van der Waals surface area contributed by atoms with Crippen LogP contribution < -0.4 is 10.6 Å². The number of nitrogens with one attached hydrogen (secondary N) is 2. The van der Waals surface area contributed by atoms with Crippen molar-refractivity contribution >= 4 is 17.5 Å². The molecule has 2 aromatic carbocycles. The molecule has 0 saturated carbocycles. The van der Waals surface area contributed by atoms with Crippen molar-refractivity contribution in [2.24, 2.45) is 0 Å². The van der Waals surface area contributed by atoms with Gasteiger partial charge in [-0.2, -0.15) is 0 Å². The number of carbonyl (C=O) groups excluding carboxylic acids is 2. The largest absolute Gasteiger partial charge is 0.345 e. The van der Waals surface area contributed by atoms with Crippen LogP contribution in [-0.2, 0) is 11.2 Å². The topological polar surface area (TPSA) is 58.2 Å². The minimum Gasteiger partial charge on any atom is -0.345 e. The van der Waals surface area contributed by atoms with Crippen LogP contribution in [0, 0.1) is 5.82 Å². The number of benzene rings is 2. The molecule has 3 rings (SSSR count). The van der Waals surface area contributed by atoms with E-state index in [-0.39, 0.29) is 23.7 Å². The number of fused-ring (bicyclic) bond motifs is 1. The maximum absolute atomic E-state index is 13.2. The van der Waals surface area contributed by atoms with Gasteiger partial charge in [0.1, 0.15) is 5.82 Å². The van der Waals surface area contributed by atoms with Crippen LogP contribution in [0.5, 0.6) is 0 Å². The Morgan fingerprint density at radius 3 is 2.57 bits per heavy atom. The van der Waals surface area contributed by atoms with Crippen LogP contribution in [0.15, 0.2) is 42.5 Å². The molecule has 0 radical (unpaired) electrons. The van der Waals surface area contributed by atoms with Gasteiger partial charge in [0.2, 0.25) is 5.91 Å². The van der Waals surface area contributed by atoms with Crippen LogP contribution >= 0.6 is 0 Å². The molecule has 0 bridgehead atoms. The highest BCUT2D eigenvalue weighted by molar-refractivity contribution is 5.95. The Labute approximate surface area is 133 Å². The second-order valence-corrected chi connectivity index (χ2v) is 5.67. The average molecular weight is 312 g/mol. The fraction of sp³-hybridized carbons (Fsp3) is 0.222. The molecule has 0 heterocycles. The van der Waals surface area contributed by atoms with Crippen LogP contribution in [0.1, 0.15) is 40.9 Å². The lowest BCUT2D eigenvalue weighted by Crippen LogP contribution is -2.27. The summed E-state index contributed by atoms with van der Waals surface area (Å²) in [6, 6.07) is 11.3. The standard InChI is InChI=1S/C18H17FN2O2/c1-11(22)20-15-6-2-12(3-7-15)18(23)21-17-9-4-13-10-14(19)5-8-16(13)17/h2-3,5-8,10,17H,4,9H2,1H3,(H,20,22)(H,21,23). The van der Waals surface area contributed by atoms with Crippen LogP contribution in [0.2, 0.25) is 0 Å². The third kappa shape index (κ3) is 3.39. The molecule has 5 heteroatoms. The highest BCUT2D eigenvalue weighted by Gasteiger charge is 2.24. The summed E-state index contributed by atoms with van der Waals surface area (Å²) in [6.45, 7) is 1.43. The molecule has 2 aromatic rings. The van der Waals surface area contributed by atoms with Gasteiger partial charge in [-0.3, -0.25) is 9.59 Å². The Morgan fingerprint density at radius 1 is 1.13 bits per heavy atom. The van der Waals surface area contributed by atoms with Crippen LogP contribution in [-0.4, -0.2) is 11.8 Å². The maximum atomic E-state index is 13.2. The number of carbonyl (C=O) groups is 2. The first-order valence-corrected chi connectivity index (χ1v) is 7.50. The van der Waals surface area contributed by atoms with Crippen molar-refractivity contribution in [2.75, 3.05) is 5.32 Å². The molecule has 2 amide bonds. The molecule has 0 spiro atoms. The number of hydrogen-bond donors (Lipinski definition) is 2. The van der Waals surface area contributed by atoms with Crippen LogP contribution in [0.25, 0.3) is 0 Å². The minimum atomic E-state index is -0.246. The number of rotatable bonds is 3. The highest BCUT2D eigenvalue weighted by atomic mass is 19.1. The van der Waals surface area contributed by atoms with Crippen molar-refractivity contribution in [2.45, 2.75) is 25.8 Å². The smallest absolute Gasteiger partial charge is 0.251 e. The molecule has 1 aliphatic carbocycles. The van der Waals surface area contributed by atoms with Crippen molar-refractivity contribution in [1.29, 1.82) is 0 Å². The number of halogens is 1. The van der Waals surface area contributed by atoms with E-state index in [2.05, 4.69) is 10.6 Å². The summed E-state index contributed by atoms with van der Waals surface area (Å²) in [4.78, 5) is 23.3. The average Bonchev–Trinajstić information content (AvgIpc) is 2.89. The maximum Gasteiger partial charge on any atom is 0.251 e. The molecular weight excluding hydrogens is 295 g/mol. The zero-order chi connectivity index (χ0) is 16.4. The third-order valence-corrected chi connectivity index (χ3v) is 3.96. The van der Waals surface area contributed by atoms with Gasteiger partial charge in [0.25, 0.3) is 5.91 Å². The third-order valence-electron chi connectivity index (χ3n) is 3.96. The Hall–Kier alpha value is -2.69. The molecule has 0 aromatic heterocycles. The van der Waals surface area contributed by atoms with Crippen molar-refractivity contribution < 1.29 is 14.0 Å². The van der Waals surface area contributed by atoms with E-state index >= 15 is 0 Å². The predicted molar refractivity (Wildman–Crippen MR) is 85.7 cm³/mol. The Balaban J connectivity index is 1.70. The molecule has 0 aliphatic heterocycles. The molecule has 0 saturated heterocycles. The van der Waals surface area contributed by atoms with Gasteiger partial charge < -0.3 is 10.6 Å². The first kappa shape index (κ1) is 15.2. The van der Waals surface area contributed by atoms with E-state index in [1.165, 1.54) is 19.1 Å². The van der Waals surface area contributed by atoms with Gasteiger partial charge in [0.05, 0.1) is 6.04 Å². The molecule has 23 heavy (non-hydrogen) atoms. The summed E-state index contributed by atoms with van der Waals surface area (Å²) in [7, 11) is 0. The first-order chi connectivity index (χ1) is 11.0. The molecule has 1 atom stereocenters. The first-order valence-electron chi connectivity index (χ1n) is 7.50. The fourth-order valence-electron chi connectivity index (χ4n) is 2.89. The van der Waals surface area contributed by atoms with Gasteiger partial charge in [0.15, 0.2) is 0 Å². The van der Waals surface area contributed by atoms with E-state index in [1.807, 2.05) is 0 Å². The van der Waals surface area contributed by atoms with E-state index < -0.39 is 0 Å². The molecule has 1 unspecified atom stereocenters. The summed E-state index contributed by atoms with van der Waals surface area (Å²) >= 11 is 0. The normalized spacial score (nSPS) is 15.8. The molecule has 4 nitrogen and oxygen atoms in total. The molecule has 1 aliphatic rings. The van der Waals surface area contributed by atoms with E-state index in [0.717, 1.165) is 24.0 Å². The molecule has 0 fully saturated rings. The summed E-state index contributed by atoms with van der Waals surface area (Å²) in [5.74, 6) is -0.581.